The van der Waals surface area contributed by atoms with E-state index in [1.54, 1.807) is 11.0 Å². The third-order valence-electron chi connectivity index (χ3n) is 4.17. The van der Waals surface area contributed by atoms with Gasteiger partial charge in [0.2, 0.25) is 0 Å². The third kappa shape index (κ3) is 4.22. The van der Waals surface area contributed by atoms with Crippen LogP contribution in [0.15, 0.2) is 22.7 Å². The molecule has 5 nitrogen and oxygen atoms in total. The van der Waals surface area contributed by atoms with E-state index in [4.69, 9.17) is 14.2 Å². The second kappa shape index (κ2) is 7.59. The standard InChI is InChI=1S/C16H19BrFNO4/c17-12-1-2-14(13(18)9-12)23-10-15(20)19-5-3-11(4-6-19)16-21-7-8-22-16/h1-2,9,11,16H,3-8,10H2. The molecule has 2 fully saturated rings. The highest BCUT2D eigenvalue weighted by atomic mass is 79.9. The number of hydrogen-bond acceptors (Lipinski definition) is 4. The van der Waals surface area contributed by atoms with Crippen LogP contribution >= 0.6 is 15.9 Å². The van der Waals surface area contributed by atoms with Crippen molar-refractivity contribution < 1.29 is 23.4 Å². The first-order chi connectivity index (χ1) is 11.1. The smallest absolute Gasteiger partial charge is 0.260 e. The van der Waals surface area contributed by atoms with Crippen molar-refractivity contribution >= 4 is 21.8 Å². The summed E-state index contributed by atoms with van der Waals surface area (Å²) in [6, 6.07) is 4.50. The molecule has 7 heteroatoms. The van der Waals surface area contributed by atoms with Crippen molar-refractivity contribution in [3.63, 3.8) is 0 Å². The van der Waals surface area contributed by atoms with Crippen molar-refractivity contribution in [1.82, 2.24) is 4.90 Å². The first-order valence-corrected chi connectivity index (χ1v) is 8.51. The molecule has 2 heterocycles. The molecule has 0 aliphatic carbocycles. The fourth-order valence-corrected chi connectivity index (χ4v) is 3.23. The number of rotatable bonds is 4. The van der Waals surface area contributed by atoms with Gasteiger partial charge in [0.05, 0.1) is 13.2 Å². The lowest BCUT2D eigenvalue weighted by atomic mass is 9.96. The Morgan fingerprint density at radius 1 is 1.30 bits per heavy atom. The van der Waals surface area contributed by atoms with E-state index in [9.17, 15) is 9.18 Å². The molecule has 0 saturated carbocycles. The van der Waals surface area contributed by atoms with Gasteiger partial charge in [-0.05, 0) is 31.0 Å². The van der Waals surface area contributed by atoms with Crippen LogP contribution in [0.3, 0.4) is 0 Å². The maximum atomic E-state index is 13.7. The van der Waals surface area contributed by atoms with Gasteiger partial charge in [-0.1, -0.05) is 15.9 Å². The van der Waals surface area contributed by atoms with E-state index < -0.39 is 5.82 Å². The van der Waals surface area contributed by atoms with Crippen molar-refractivity contribution in [1.29, 1.82) is 0 Å². The fraction of sp³-hybridized carbons (Fsp3) is 0.562. The Hall–Kier alpha value is -1.18. The molecule has 3 rings (SSSR count). The van der Waals surface area contributed by atoms with Gasteiger partial charge in [-0.25, -0.2) is 4.39 Å². The van der Waals surface area contributed by atoms with E-state index in [0.717, 1.165) is 12.8 Å². The number of piperidine rings is 1. The molecule has 0 atom stereocenters. The summed E-state index contributed by atoms with van der Waals surface area (Å²) in [6.45, 7) is 2.45. The van der Waals surface area contributed by atoms with Crippen molar-refractivity contribution in [2.45, 2.75) is 19.1 Å². The van der Waals surface area contributed by atoms with E-state index in [-0.39, 0.29) is 24.6 Å². The van der Waals surface area contributed by atoms with E-state index in [1.807, 2.05) is 0 Å². The maximum absolute atomic E-state index is 13.7. The minimum atomic E-state index is -0.485. The number of benzene rings is 1. The van der Waals surface area contributed by atoms with Crippen LogP contribution in [0, 0.1) is 11.7 Å². The summed E-state index contributed by atoms with van der Waals surface area (Å²) in [7, 11) is 0. The summed E-state index contributed by atoms with van der Waals surface area (Å²) >= 11 is 3.18. The van der Waals surface area contributed by atoms with E-state index in [2.05, 4.69) is 15.9 Å². The summed E-state index contributed by atoms with van der Waals surface area (Å²) < 4.78 is 30.6. The molecule has 0 spiro atoms. The van der Waals surface area contributed by atoms with Crippen LogP contribution in [-0.4, -0.2) is 50.0 Å². The minimum Gasteiger partial charge on any atom is -0.481 e. The minimum absolute atomic E-state index is 0.0872. The summed E-state index contributed by atoms with van der Waals surface area (Å²) in [5, 5.41) is 0. The fourth-order valence-electron chi connectivity index (χ4n) is 2.89. The molecule has 0 radical (unpaired) electrons. The Kier molecular flexibility index (Phi) is 5.50. The zero-order chi connectivity index (χ0) is 16.2. The number of carbonyl (C=O) groups is 1. The molecule has 1 aromatic rings. The number of amides is 1. The Morgan fingerprint density at radius 3 is 2.65 bits per heavy atom. The number of likely N-dealkylation sites (tertiary alicyclic amines) is 1. The zero-order valence-corrected chi connectivity index (χ0v) is 14.3. The maximum Gasteiger partial charge on any atom is 0.260 e. The van der Waals surface area contributed by atoms with E-state index >= 15 is 0 Å². The quantitative estimate of drug-likeness (QED) is 0.796. The number of hydrogen-bond donors (Lipinski definition) is 0. The van der Waals surface area contributed by atoms with Gasteiger partial charge in [-0.3, -0.25) is 4.79 Å². The lowest BCUT2D eigenvalue weighted by Gasteiger charge is -2.33. The molecule has 23 heavy (non-hydrogen) atoms. The van der Waals surface area contributed by atoms with Crippen molar-refractivity contribution in [2.75, 3.05) is 32.9 Å². The van der Waals surface area contributed by atoms with Crippen LogP contribution in [0.2, 0.25) is 0 Å². The Balaban J connectivity index is 1.46. The van der Waals surface area contributed by atoms with Gasteiger partial charge in [0.25, 0.3) is 5.91 Å². The molecule has 126 valence electrons. The predicted octanol–water partition coefficient (Wildman–Crippen LogP) is 2.58. The Bertz CT molecular complexity index is 557. The third-order valence-corrected chi connectivity index (χ3v) is 4.66. The van der Waals surface area contributed by atoms with E-state index in [0.29, 0.717) is 36.7 Å². The molecule has 2 aliphatic heterocycles. The molecule has 2 saturated heterocycles. The number of ether oxygens (including phenoxy) is 3. The molecule has 1 amide bonds. The number of carbonyl (C=O) groups excluding carboxylic acids is 1. The molecule has 0 bridgehead atoms. The average molecular weight is 388 g/mol. The summed E-state index contributed by atoms with van der Waals surface area (Å²) in [5.41, 5.74) is 0. The van der Waals surface area contributed by atoms with Gasteiger partial charge in [0.1, 0.15) is 0 Å². The van der Waals surface area contributed by atoms with Crippen LogP contribution < -0.4 is 4.74 Å². The van der Waals surface area contributed by atoms with Gasteiger partial charge in [0.15, 0.2) is 24.5 Å². The van der Waals surface area contributed by atoms with Gasteiger partial charge in [-0.15, -0.1) is 0 Å². The van der Waals surface area contributed by atoms with Crippen LogP contribution in [0.25, 0.3) is 0 Å². The van der Waals surface area contributed by atoms with Gasteiger partial charge >= 0.3 is 0 Å². The summed E-state index contributed by atoms with van der Waals surface area (Å²) in [6.07, 6.45) is 1.58. The number of halogens is 2. The zero-order valence-electron chi connectivity index (χ0n) is 12.7. The molecule has 0 aromatic heterocycles. The van der Waals surface area contributed by atoms with E-state index in [1.165, 1.54) is 12.1 Å². The van der Waals surface area contributed by atoms with Crippen molar-refractivity contribution in [2.24, 2.45) is 5.92 Å². The van der Waals surface area contributed by atoms with Gasteiger partial charge in [-0.2, -0.15) is 0 Å². The average Bonchev–Trinajstić information content (AvgIpc) is 3.08. The summed E-state index contributed by atoms with van der Waals surface area (Å²) in [5.74, 6) is -0.184. The molecular weight excluding hydrogens is 369 g/mol. The van der Waals surface area contributed by atoms with Crippen LogP contribution in [-0.2, 0) is 14.3 Å². The summed E-state index contributed by atoms with van der Waals surface area (Å²) in [4.78, 5) is 13.9. The first kappa shape index (κ1) is 16.7. The topological polar surface area (TPSA) is 48.0 Å². The first-order valence-electron chi connectivity index (χ1n) is 7.72. The van der Waals surface area contributed by atoms with Crippen molar-refractivity contribution in [3.05, 3.63) is 28.5 Å². The largest absolute Gasteiger partial charge is 0.481 e. The molecule has 2 aliphatic rings. The Morgan fingerprint density at radius 2 is 2.00 bits per heavy atom. The van der Waals surface area contributed by atoms with Crippen LogP contribution in [0.4, 0.5) is 4.39 Å². The Labute approximate surface area is 142 Å². The SMILES string of the molecule is O=C(COc1ccc(Br)cc1F)N1CCC(C2OCCO2)CC1. The van der Waals surface area contributed by atoms with Gasteiger partial charge < -0.3 is 19.1 Å². The molecule has 1 aromatic carbocycles. The molecular formula is C16H19BrFNO4. The van der Waals surface area contributed by atoms with Crippen LogP contribution in [0.5, 0.6) is 5.75 Å². The monoisotopic (exact) mass is 387 g/mol. The van der Waals surface area contributed by atoms with Gasteiger partial charge in [0, 0.05) is 23.5 Å². The second-order valence-corrected chi connectivity index (χ2v) is 6.61. The second-order valence-electron chi connectivity index (χ2n) is 5.69. The predicted molar refractivity (Wildman–Crippen MR) is 84.6 cm³/mol. The van der Waals surface area contributed by atoms with Crippen LogP contribution in [0.1, 0.15) is 12.8 Å². The van der Waals surface area contributed by atoms with Crippen molar-refractivity contribution in [3.8, 4) is 5.75 Å². The molecule has 0 N–H and O–H groups in total. The lowest BCUT2D eigenvalue weighted by molar-refractivity contribution is -0.138. The molecule has 0 unspecified atom stereocenters. The highest BCUT2D eigenvalue weighted by Crippen LogP contribution is 2.26. The normalized spacial score (nSPS) is 20.0. The highest BCUT2D eigenvalue weighted by Gasteiger charge is 2.31. The number of nitrogens with zero attached hydrogens (tertiary/aromatic N) is 1. The lowest BCUT2D eigenvalue weighted by Crippen LogP contribution is -2.43. The highest BCUT2D eigenvalue weighted by molar-refractivity contribution is 9.10.